The molecular formula is C16H28N4S2. The second-order valence-electron chi connectivity index (χ2n) is 5.56. The van der Waals surface area contributed by atoms with Gasteiger partial charge in [-0.2, -0.15) is 11.8 Å². The lowest BCUT2D eigenvalue weighted by Crippen LogP contribution is -2.48. The summed E-state index contributed by atoms with van der Waals surface area (Å²) < 4.78 is 0. The molecule has 0 aromatic carbocycles. The van der Waals surface area contributed by atoms with Gasteiger partial charge in [0.1, 0.15) is 0 Å². The van der Waals surface area contributed by atoms with E-state index in [1.807, 2.05) is 30.1 Å². The van der Waals surface area contributed by atoms with Gasteiger partial charge in [0.25, 0.3) is 0 Å². The van der Waals surface area contributed by atoms with Gasteiger partial charge >= 0.3 is 0 Å². The zero-order valence-corrected chi connectivity index (χ0v) is 15.3. The van der Waals surface area contributed by atoms with E-state index in [0.717, 1.165) is 25.6 Å². The summed E-state index contributed by atoms with van der Waals surface area (Å²) in [7, 11) is 1.86. The smallest absolute Gasteiger partial charge is 0.191 e. The van der Waals surface area contributed by atoms with Crippen molar-refractivity contribution in [3.8, 4) is 0 Å². The zero-order chi connectivity index (χ0) is 15.6. The Labute approximate surface area is 142 Å². The second kappa shape index (κ2) is 10.0. The fraction of sp³-hybridized carbons (Fsp3) is 0.688. The minimum atomic E-state index is 0.536. The number of aliphatic imine (C=N–C) groups is 1. The van der Waals surface area contributed by atoms with Crippen LogP contribution in [-0.4, -0.2) is 50.7 Å². The first-order valence-corrected chi connectivity index (χ1v) is 10.4. The number of piperidine rings is 1. The largest absolute Gasteiger partial charge is 0.363 e. The summed E-state index contributed by atoms with van der Waals surface area (Å²) in [6.45, 7) is 3.26. The average molecular weight is 341 g/mol. The summed E-state index contributed by atoms with van der Waals surface area (Å²) in [5, 5.41) is 10.6. The molecule has 1 aromatic heterocycles. The van der Waals surface area contributed by atoms with E-state index in [1.165, 1.54) is 36.4 Å². The zero-order valence-electron chi connectivity index (χ0n) is 13.7. The monoisotopic (exact) mass is 340 g/mol. The third kappa shape index (κ3) is 5.72. The highest BCUT2D eigenvalue weighted by molar-refractivity contribution is 7.98. The van der Waals surface area contributed by atoms with Crippen LogP contribution in [0.1, 0.15) is 25.7 Å². The predicted molar refractivity (Wildman–Crippen MR) is 102 cm³/mol. The number of thioether (sulfide) groups is 1. The number of guanidine groups is 1. The topological polar surface area (TPSA) is 39.7 Å². The minimum absolute atomic E-state index is 0.536. The summed E-state index contributed by atoms with van der Waals surface area (Å²) in [5.41, 5.74) is 0. The van der Waals surface area contributed by atoms with Crippen LogP contribution >= 0.6 is 23.1 Å². The molecule has 0 spiro atoms. The number of anilines is 1. The van der Waals surface area contributed by atoms with Crippen molar-refractivity contribution >= 4 is 34.1 Å². The van der Waals surface area contributed by atoms with Crippen molar-refractivity contribution in [3.63, 3.8) is 0 Å². The predicted octanol–water partition coefficient (Wildman–Crippen LogP) is 3.03. The Bertz CT molecular complexity index is 425. The normalized spacial score (nSPS) is 16.8. The Balaban J connectivity index is 1.65. The standard InChI is InChI=1S/C16H28N4S2/c1-17-16(18-9-3-4-12-21-2)19-14-7-10-20(11-8-14)15-6-5-13-22-15/h5-6,13-14H,3-4,7-12H2,1-2H3,(H2,17,18,19). The Kier molecular flexibility index (Phi) is 7.94. The Morgan fingerprint density at radius 1 is 1.41 bits per heavy atom. The van der Waals surface area contributed by atoms with E-state index in [2.05, 4.69) is 44.3 Å². The number of thiophene rings is 1. The summed E-state index contributed by atoms with van der Waals surface area (Å²) in [4.78, 5) is 6.83. The van der Waals surface area contributed by atoms with E-state index in [0.29, 0.717) is 6.04 Å². The molecule has 0 bridgehead atoms. The summed E-state index contributed by atoms with van der Waals surface area (Å²) in [5.74, 6) is 2.20. The van der Waals surface area contributed by atoms with Gasteiger partial charge in [0.05, 0.1) is 5.00 Å². The molecule has 6 heteroatoms. The van der Waals surface area contributed by atoms with Crippen molar-refractivity contribution in [2.45, 2.75) is 31.7 Å². The number of unbranched alkanes of at least 4 members (excludes halogenated alkanes) is 1. The Morgan fingerprint density at radius 2 is 2.23 bits per heavy atom. The molecule has 2 rings (SSSR count). The van der Waals surface area contributed by atoms with Crippen LogP contribution in [0.2, 0.25) is 0 Å². The Morgan fingerprint density at radius 3 is 2.86 bits per heavy atom. The molecule has 4 nitrogen and oxygen atoms in total. The Hall–Kier alpha value is -0.880. The van der Waals surface area contributed by atoms with Gasteiger partial charge in [-0.3, -0.25) is 4.99 Å². The number of nitrogens with zero attached hydrogens (tertiary/aromatic N) is 2. The number of hydrogen-bond donors (Lipinski definition) is 2. The highest BCUT2D eigenvalue weighted by Gasteiger charge is 2.20. The first kappa shape index (κ1) is 17.5. The van der Waals surface area contributed by atoms with Gasteiger partial charge in [-0.05, 0) is 55.2 Å². The molecule has 1 aliphatic heterocycles. The number of rotatable bonds is 7. The van der Waals surface area contributed by atoms with E-state index in [1.54, 1.807) is 0 Å². The molecule has 2 heterocycles. The molecule has 0 aliphatic carbocycles. The first-order valence-electron chi connectivity index (χ1n) is 8.08. The van der Waals surface area contributed by atoms with Crippen molar-refractivity contribution in [2.75, 3.05) is 43.6 Å². The second-order valence-corrected chi connectivity index (χ2v) is 7.47. The molecule has 1 fully saturated rings. The molecule has 1 aliphatic rings. The molecule has 0 saturated carbocycles. The number of nitrogens with one attached hydrogen (secondary N) is 2. The van der Waals surface area contributed by atoms with Crippen LogP contribution in [0.25, 0.3) is 0 Å². The molecular weight excluding hydrogens is 312 g/mol. The van der Waals surface area contributed by atoms with E-state index in [-0.39, 0.29) is 0 Å². The SMILES string of the molecule is CN=C(NCCCCSC)NC1CCN(c2cccs2)CC1. The van der Waals surface area contributed by atoms with Gasteiger partial charge in [-0.25, -0.2) is 0 Å². The molecule has 0 radical (unpaired) electrons. The highest BCUT2D eigenvalue weighted by Crippen LogP contribution is 2.24. The fourth-order valence-corrected chi connectivity index (χ4v) is 3.94. The third-order valence-corrected chi connectivity index (χ3v) is 5.57. The van der Waals surface area contributed by atoms with Crippen LogP contribution in [0.15, 0.2) is 22.5 Å². The molecule has 1 aromatic rings. The van der Waals surface area contributed by atoms with E-state index >= 15 is 0 Å². The molecule has 124 valence electrons. The molecule has 1 saturated heterocycles. The van der Waals surface area contributed by atoms with E-state index < -0.39 is 0 Å². The van der Waals surface area contributed by atoms with Crippen LogP contribution in [0.3, 0.4) is 0 Å². The lowest BCUT2D eigenvalue weighted by atomic mass is 10.1. The lowest BCUT2D eigenvalue weighted by molar-refractivity contribution is 0.462. The molecule has 2 N–H and O–H groups in total. The minimum Gasteiger partial charge on any atom is -0.363 e. The van der Waals surface area contributed by atoms with E-state index in [9.17, 15) is 0 Å². The van der Waals surface area contributed by atoms with Crippen molar-refractivity contribution in [1.29, 1.82) is 0 Å². The van der Waals surface area contributed by atoms with Crippen molar-refractivity contribution in [1.82, 2.24) is 10.6 Å². The first-order chi connectivity index (χ1) is 10.8. The quantitative estimate of drug-likeness (QED) is 0.455. The fourth-order valence-electron chi connectivity index (χ4n) is 2.66. The van der Waals surface area contributed by atoms with Gasteiger partial charge in [0.15, 0.2) is 5.96 Å². The third-order valence-electron chi connectivity index (χ3n) is 3.94. The van der Waals surface area contributed by atoms with Crippen molar-refractivity contribution in [3.05, 3.63) is 17.5 Å². The molecule has 22 heavy (non-hydrogen) atoms. The van der Waals surface area contributed by atoms with Crippen molar-refractivity contribution in [2.24, 2.45) is 4.99 Å². The van der Waals surface area contributed by atoms with Gasteiger partial charge < -0.3 is 15.5 Å². The van der Waals surface area contributed by atoms with Gasteiger partial charge in [0, 0.05) is 32.7 Å². The lowest BCUT2D eigenvalue weighted by Gasteiger charge is -2.33. The van der Waals surface area contributed by atoms with Crippen LogP contribution < -0.4 is 15.5 Å². The van der Waals surface area contributed by atoms with E-state index in [4.69, 9.17) is 0 Å². The van der Waals surface area contributed by atoms with Crippen LogP contribution in [-0.2, 0) is 0 Å². The maximum Gasteiger partial charge on any atom is 0.191 e. The molecule has 0 amide bonds. The molecule has 0 atom stereocenters. The van der Waals surface area contributed by atoms with Crippen LogP contribution in [0.5, 0.6) is 0 Å². The van der Waals surface area contributed by atoms with Crippen molar-refractivity contribution < 1.29 is 0 Å². The van der Waals surface area contributed by atoms with Gasteiger partial charge in [0.2, 0.25) is 0 Å². The van der Waals surface area contributed by atoms with Gasteiger partial charge in [-0.15, -0.1) is 11.3 Å². The maximum atomic E-state index is 4.35. The highest BCUT2D eigenvalue weighted by atomic mass is 32.2. The number of hydrogen-bond acceptors (Lipinski definition) is 4. The summed E-state index contributed by atoms with van der Waals surface area (Å²) in [6.07, 6.45) is 6.98. The summed E-state index contributed by atoms with van der Waals surface area (Å²) in [6, 6.07) is 4.88. The summed E-state index contributed by atoms with van der Waals surface area (Å²) >= 11 is 3.75. The molecule has 0 unspecified atom stereocenters. The van der Waals surface area contributed by atoms with Gasteiger partial charge in [-0.1, -0.05) is 0 Å². The average Bonchev–Trinajstić information content (AvgIpc) is 3.08. The maximum absolute atomic E-state index is 4.35. The van der Waals surface area contributed by atoms with Crippen LogP contribution in [0.4, 0.5) is 5.00 Å². The van der Waals surface area contributed by atoms with Crippen LogP contribution in [0, 0.1) is 0 Å².